The molecule has 148 valence electrons. The van der Waals surface area contributed by atoms with Gasteiger partial charge in [0.15, 0.2) is 5.69 Å². The maximum atomic E-state index is 12.1. The van der Waals surface area contributed by atoms with E-state index in [9.17, 15) is 9.59 Å². The Morgan fingerprint density at radius 2 is 1.93 bits per heavy atom. The molecule has 2 aromatic carbocycles. The minimum Gasteiger partial charge on any atom is -0.459 e. The number of esters is 1. The third-order valence-electron chi connectivity index (χ3n) is 3.90. The van der Waals surface area contributed by atoms with Crippen LogP contribution in [0.25, 0.3) is 26.2 Å². The van der Waals surface area contributed by atoms with Gasteiger partial charge in [0.1, 0.15) is 17.2 Å². The van der Waals surface area contributed by atoms with E-state index in [4.69, 9.17) is 11.3 Å². The highest BCUT2D eigenvalue weighted by Crippen LogP contribution is 2.30. The van der Waals surface area contributed by atoms with Crippen LogP contribution in [-0.2, 0) is 20.7 Å². The van der Waals surface area contributed by atoms with Crippen LogP contribution in [0, 0.1) is 6.57 Å². The summed E-state index contributed by atoms with van der Waals surface area (Å²) < 4.78 is 6.14. The number of nitrogens with one attached hydrogen (secondary N) is 1. The number of hydrogen-bond acceptors (Lipinski definition) is 5. The summed E-state index contributed by atoms with van der Waals surface area (Å²) in [6, 6.07) is 13.3. The normalized spacial score (nSPS) is 11.1. The summed E-state index contributed by atoms with van der Waals surface area (Å²) in [5.74, 6) is -0.749. The summed E-state index contributed by atoms with van der Waals surface area (Å²) in [4.78, 5) is 31.8. The first kappa shape index (κ1) is 20.5. The van der Waals surface area contributed by atoms with Gasteiger partial charge in [-0.1, -0.05) is 24.3 Å². The van der Waals surface area contributed by atoms with Crippen LogP contribution in [-0.4, -0.2) is 29.0 Å². The second-order valence-electron chi connectivity index (χ2n) is 7.49. The zero-order chi connectivity index (χ0) is 21.0. The fourth-order valence-corrected chi connectivity index (χ4v) is 3.74. The summed E-state index contributed by atoms with van der Waals surface area (Å²) in [6.45, 7) is 12.3. The highest BCUT2D eigenvalue weighted by molar-refractivity contribution is 7.18. The number of thiazole rings is 1. The average molecular weight is 407 g/mol. The fraction of sp³-hybridized carbons (Fsp3) is 0.273. The van der Waals surface area contributed by atoms with Gasteiger partial charge in [-0.05, 0) is 50.1 Å². The Labute approximate surface area is 173 Å². The van der Waals surface area contributed by atoms with Crippen molar-refractivity contribution in [3.05, 3.63) is 58.9 Å². The third kappa shape index (κ3) is 5.62. The topological polar surface area (TPSA) is 72.7 Å². The molecule has 0 bridgehead atoms. The van der Waals surface area contributed by atoms with Gasteiger partial charge in [0.05, 0.1) is 23.2 Å². The van der Waals surface area contributed by atoms with Gasteiger partial charge in [-0.25, -0.2) is 9.83 Å². The Hall–Kier alpha value is -3.24. The fourth-order valence-electron chi connectivity index (χ4n) is 2.73. The first-order valence-corrected chi connectivity index (χ1v) is 9.91. The molecule has 0 aliphatic rings. The molecule has 0 aliphatic carbocycles. The van der Waals surface area contributed by atoms with Gasteiger partial charge in [0, 0.05) is 0 Å². The summed E-state index contributed by atoms with van der Waals surface area (Å²) in [5, 5.41) is 3.25. The van der Waals surface area contributed by atoms with Crippen LogP contribution < -0.4 is 5.32 Å². The van der Waals surface area contributed by atoms with E-state index in [2.05, 4.69) is 15.1 Å². The van der Waals surface area contributed by atoms with E-state index in [-0.39, 0.29) is 18.9 Å². The maximum Gasteiger partial charge on any atom is 0.325 e. The Morgan fingerprint density at radius 3 is 2.66 bits per heavy atom. The highest BCUT2D eigenvalue weighted by Gasteiger charge is 2.17. The van der Waals surface area contributed by atoms with Gasteiger partial charge < -0.3 is 10.1 Å². The van der Waals surface area contributed by atoms with Gasteiger partial charge >= 0.3 is 5.97 Å². The van der Waals surface area contributed by atoms with Crippen molar-refractivity contribution in [2.45, 2.75) is 32.8 Å². The number of rotatable bonds is 5. The Bertz CT molecular complexity index is 1110. The zero-order valence-corrected chi connectivity index (χ0v) is 17.3. The molecule has 1 N–H and O–H groups in total. The lowest BCUT2D eigenvalue weighted by atomic mass is 10.1. The van der Waals surface area contributed by atoms with E-state index in [1.807, 2.05) is 36.4 Å². The molecule has 6 nitrogen and oxygen atoms in total. The molecular weight excluding hydrogens is 386 g/mol. The number of fused-ring (bicyclic) bond motifs is 1. The van der Waals surface area contributed by atoms with Crippen molar-refractivity contribution in [1.82, 2.24) is 10.3 Å². The molecule has 1 aromatic heterocycles. The van der Waals surface area contributed by atoms with Crippen LogP contribution in [0.15, 0.2) is 42.5 Å². The molecule has 1 heterocycles. The SMILES string of the molecule is [C-]#[N+]c1cccc(-c2ccc3nc(CC(=O)NCC(=O)OC(C)(C)C)sc3c2)c1. The Morgan fingerprint density at radius 1 is 1.17 bits per heavy atom. The van der Waals surface area contributed by atoms with Gasteiger partial charge in [-0.2, -0.15) is 0 Å². The first-order valence-electron chi connectivity index (χ1n) is 9.09. The van der Waals surface area contributed by atoms with Crippen molar-refractivity contribution >= 4 is 39.1 Å². The smallest absolute Gasteiger partial charge is 0.325 e. The number of aromatic nitrogens is 1. The van der Waals surface area contributed by atoms with E-state index >= 15 is 0 Å². The number of carbonyl (C=O) groups is 2. The molecule has 0 fully saturated rings. The minimum atomic E-state index is -0.583. The van der Waals surface area contributed by atoms with Crippen LogP contribution in [0.2, 0.25) is 0 Å². The lowest BCUT2D eigenvalue weighted by Crippen LogP contribution is -2.35. The van der Waals surface area contributed by atoms with Gasteiger partial charge in [0.25, 0.3) is 0 Å². The molecule has 3 aromatic rings. The Kier molecular flexibility index (Phi) is 5.95. The number of ether oxygens (including phenoxy) is 1. The van der Waals surface area contributed by atoms with Crippen molar-refractivity contribution in [3.63, 3.8) is 0 Å². The molecule has 0 atom stereocenters. The van der Waals surface area contributed by atoms with Gasteiger partial charge in [-0.3, -0.25) is 9.59 Å². The van der Waals surface area contributed by atoms with Crippen LogP contribution in [0.5, 0.6) is 0 Å². The monoisotopic (exact) mass is 407 g/mol. The van der Waals surface area contributed by atoms with Gasteiger partial charge in [0.2, 0.25) is 5.91 Å². The maximum absolute atomic E-state index is 12.1. The van der Waals surface area contributed by atoms with Crippen molar-refractivity contribution in [2.24, 2.45) is 0 Å². The number of nitrogens with zero attached hydrogens (tertiary/aromatic N) is 2. The largest absolute Gasteiger partial charge is 0.459 e. The summed E-state index contributed by atoms with van der Waals surface area (Å²) in [6.07, 6.45) is 0.102. The molecular formula is C22H21N3O3S. The minimum absolute atomic E-state index is 0.102. The number of carbonyl (C=O) groups excluding carboxylic acids is 2. The van der Waals surface area contributed by atoms with Crippen molar-refractivity contribution in [3.8, 4) is 11.1 Å². The predicted octanol–water partition coefficient (Wildman–Crippen LogP) is 4.51. The summed E-state index contributed by atoms with van der Waals surface area (Å²) >= 11 is 1.44. The highest BCUT2D eigenvalue weighted by atomic mass is 32.1. The number of hydrogen-bond donors (Lipinski definition) is 1. The second kappa shape index (κ2) is 8.41. The predicted molar refractivity (Wildman–Crippen MR) is 114 cm³/mol. The van der Waals surface area contributed by atoms with Crippen LogP contribution in [0.4, 0.5) is 5.69 Å². The lowest BCUT2D eigenvalue weighted by molar-refractivity contribution is -0.154. The number of amides is 1. The zero-order valence-electron chi connectivity index (χ0n) is 16.5. The van der Waals surface area contributed by atoms with Crippen molar-refractivity contribution in [2.75, 3.05) is 6.54 Å². The van der Waals surface area contributed by atoms with E-state index in [1.54, 1.807) is 26.8 Å². The Balaban J connectivity index is 1.68. The molecule has 1 amide bonds. The van der Waals surface area contributed by atoms with E-state index < -0.39 is 11.6 Å². The quantitative estimate of drug-likeness (QED) is 0.499. The molecule has 0 saturated heterocycles. The lowest BCUT2D eigenvalue weighted by Gasteiger charge is -2.19. The van der Waals surface area contributed by atoms with Gasteiger partial charge in [-0.15, -0.1) is 11.3 Å². The second-order valence-corrected chi connectivity index (χ2v) is 8.61. The summed E-state index contributed by atoms with van der Waals surface area (Å²) in [7, 11) is 0. The van der Waals surface area contributed by atoms with E-state index in [0.29, 0.717) is 10.7 Å². The van der Waals surface area contributed by atoms with Crippen LogP contribution in [0.3, 0.4) is 0 Å². The number of benzene rings is 2. The first-order chi connectivity index (χ1) is 13.7. The molecule has 0 unspecified atom stereocenters. The third-order valence-corrected chi connectivity index (χ3v) is 4.92. The van der Waals surface area contributed by atoms with E-state index in [1.165, 1.54) is 11.3 Å². The van der Waals surface area contributed by atoms with Crippen molar-refractivity contribution < 1.29 is 14.3 Å². The molecule has 3 rings (SSSR count). The van der Waals surface area contributed by atoms with Crippen LogP contribution >= 0.6 is 11.3 Å². The average Bonchev–Trinajstić information content (AvgIpc) is 3.06. The molecule has 7 heteroatoms. The summed E-state index contributed by atoms with van der Waals surface area (Å²) in [5.41, 5.74) is 2.78. The van der Waals surface area contributed by atoms with Crippen LogP contribution in [0.1, 0.15) is 25.8 Å². The van der Waals surface area contributed by atoms with Crippen molar-refractivity contribution in [1.29, 1.82) is 0 Å². The van der Waals surface area contributed by atoms with E-state index in [0.717, 1.165) is 21.3 Å². The molecule has 0 aliphatic heterocycles. The molecule has 0 radical (unpaired) electrons. The molecule has 29 heavy (non-hydrogen) atoms. The molecule has 0 spiro atoms. The standard InChI is InChI=1S/C22H21N3O3S/c1-22(2,3)28-21(27)13-24-19(26)12-20-25-17-9-8-15(11-18(17)29-20)14-6-5-7-16(10-14)23-4/h5-11H,12-13H2,1-3H3,(H,24,26). The molecule has 0 saturated carbocycles.